The molecule has 3 rings (SSSR count). The van der Waals surface area contributed by atoms with Gasteiger partial charge in [-0.05, 0) is 22.2 Å². The van der Waals surface area contributed by atoms with Gasteiger partial charge in [-0.3, -0.25) is 0 Å². The van der Waals surface area contributed by atoms with Gasteiger partial charge in [0.15, 0.2) is 0 Å². The molecule has 3 aromatic rings. The van der Waals surface area contributed by atoms with Crippen LogP contribution in [0.1, 0.15) is 0 Å². The maximum Gasteiger partial charge on any atom is 0.115 e. The number of hydrogen-bond acceptors (Lipinski definition) is 3. The highest BCUT2D eigenvalue weighted by Gasteiger charge is 2.06. The quantitative estimate of drug-likeness (QED) is 0.388. The monoisotopic (exact) mass is 243 g/mol. The summed E-state index contributed by atoms with van der Waals surface area (Å²) < 4.78 is 0. The Hall–Kier alpha value is -1.19. The van der Waals surface area contributed by atoms with Crippen molar-refractivity contribution in [3.8, 4) is 0 Å². The third kappa shape index (κ3) is 1.47. The van der Waals surface area contributed by atoms with Crippen LogP contribution in [-0.2, 0) is 0 Å². The molecule has 16 heavy (non-hydrogen) atoms. The highest BCUT2D eigenvalue weighted by atomic mass is 33.1. The van der Waals surface area contributed by atoms with E-state index in [1.807, 2.05) is 24.3 Å². The lowest BCUT2D eigenvalue weighted by molar-refractivity contribution is 1.24. The van der Waals surface area contributed by atoms with Crippen LogP contribution in [0.25, 0.3) is 21.7 Å². The van der Waals surface area contributed by atoms with Gasteiger partial charge < -0.3 is 0 Å². The Morgan fingerprint density at radius 2 is 1.44 bits per heavy atom. The Bertz CT molecular complexity index is 664. The van der Waals surface area contributed by atoms with Gasteiger partial charge in [-0.2, -0.15) is 0 Å². The maximum atomic E-state index is 4.61. The van der Waals surface area contributed by atoms with Gasteiger partial charge >= 0.3 is 0 Å². The second kappa shape index (κ2) is 4.00. The molecule has 0 unspecified atom stereocenters. The number of para-hydroxylation sites is 1. The molecule has 0 fully saturated rings. The van der Waals surface area contributed by atoms with Crippen LogP contribution >= 0.6 is 22.5 Å². The fourth-order valence-corrected chi connectivity index (χ4v) is 2.78. The van der Waals surface area contributed by atoms with Gasteiger partial charge in [0.05, 0.1) is 5.52 Å². The summed E-state index contributed by atoms with van der Waals surface area (Å²) in [6.07, 6.45) is 0. The lowest BCUT2D eigenvalue weighted by Gasteiger charge is -2.06. The third-order valence-electron chi connectivity index (χ3n) is 2.66. The van der Waals surface area contributed by atoms with E-state index in [-0.39, 0.29) is 0 Å². The van der Waals surface area contributed by atoms with E-state index in [1.165, 1.54) is 27.0 Å². The molecule has 0 aliphatic carbocycles. The van der Waals surface area contributed by atoms with E-state index >= 15 is 0 Å². The van der Waals surface area contributed by atoms with Crippen molar-refractivity contribution in [1.82, 2.24) is 4.98 Å². The minimum atomic E-state index is 0.970. The summed E-state index contributed by atoms with van der Waals surface area (Å²) in [4.78, 5) is 4.61. The Kier molecular flexibility index (Phi) is 2.50. The van der Waals surface area contributed by atoms with Crippen LogP contribution < -0.4 is 0 Å². The van der Waals surface area contributed by atoms with Crippen LogP contribution in [0.5, 0.6) is 0 Å². The van der Waals surface area contributed by atoms with E-state index in [0.717, 1.165) is 10.5 Å². The van der Waals surface area contributed by atoms with Gasteiger partial charge in [-0.25, -0.2) is 4.98 Å². The first-order valence-electron chi connectivity index (χ1n) is 4.99. The van der Waals surface area contributed by atoms with Crippen LogP contribution in [0, 0.1) is 0 Å². The van der Waals surface area contributed by atoms with Crippen molar-refractivity contribution in [2.75, 3.05) is 0 Å². The zero-order chi connectivity index (χ0) is 11.0. The fraction of sp³-hybridized carbons (Fsp3) is 0. The van der Waals surface area contributed by atoms with Gasteiger partial charge in [0.25, 0.3) is 0 Å². The summed E-state index contributed by atoms with van der Waals surface area (Å²) in [5, 5.41) is 4.58. The number of fused-ring (bicyclic) bond motifs is 3. The predicted molar refractivity (Wildman–Crippen MR) is 74.1 cm³/mol. The second-order valence-corrected chi connectivity index (χ2v) is 4.69. The van der Waals surface area contributed by atoms with E-state index < -0.39 is 0 Å². The molecule has 1 heterocycles. The SMILES string of the molecule is SSc1nc2ccccc2c2ccccc12. The summed E-state index contributed by atoms with van der Waals surface area (Å²) in [6.45, 7) is 0. The van der Waals surface area contributed by atoms with Crippen molar-refractivity contribution >= 4 is 44.1 Å². The maximum absolute atomic E-state index is 4.61. The number of pyridine rings is 1. The molecule has 0 spiro atoms. The molecule has 2 aromatic carbocycles. The molecular formula is C13H9NS2. The average Bonchev–Trinajstić information content (AvgIpc) is 2.38. The number of thiol groups is 1. The topological polar surface area (TPSA) is 12.9 Å². The first kappa shape index (κ1) is 10.00. The molecule has 0 N–H and O–H groups in total. The van der Waals surface area contributed by atoms with Crippen LogP contribution in [0.15, 0.2) is 53.6 Å². The lowest BCUT2D eigenvalue weighted by Crippen LogP contribution is -1.85. The van der Waals surface area contributed by atoms with Gasteiger partial charge in [0.2, 0.25) is 0 Å². The second-order valence-electron chi connectivity index (χ2n) is 3.57. The molecular weight excluding hydrogens is 234 g/mol. The minimum absolute atomic E-state index is 0.970. The molecule has 3 heteroatoms. The summed E-state index contributed by atoms with van der Waals surface area (Å²) >= 11 is 4.27. The van der Waals surface area contributed by atoms with Crippen molar-refractivity contribution in [3.63, 3.8) is 0 Å². The Balaban J connectivity index is 2.57. The summed E-state index contributed by atoms with van der Waals surface area (Å²) in [5.41, 5.74) is 1.03. The number of hydrogen-bond donors (Lipinski definition) is 1. The van der Waals surface area contributed by atoms with Crippen molar-refractivity contribution in [2.24, 2.45) is 0 Å². The molecule has 1 aromatic heterocycles. The zero-order valence-corrected chi connectivity index (χ0v) is 10.1. The highest BCUT2D eigenvalue weighted by molar-refractivity contribution is 8.68. The van der Waals surface area contributed by atoms with Crippen LogP contribution in [-0.4, -0.2) is 4.98 Å². The van der Waals surface area contributed by atoms with E-state index in [4.69, 9.17) is 0 Å². The van der Waals surface area contributed by atoms with Crippen molar-refractivity contribution in [3.05, 3.63) is 48.5 Å². The number of rotatable bonds is 1. The molecule has 0 atom stereocenters. The largest absolute Gasteiger partial charge is 0.240 e. The van der Waals surface area contributed by atoms with Crippen LogP contribution in [0.4, 0.5) is 0 Å². The number of aromatic nitrogens is 1. The molecule has 0 aliphatic rings. The zero-order valence-electron chi connectivity index (χ0n) is 8.42. The van der Waals surface area contributed by atoms with Crippen molar-refractivity contribution in [1.29, 1.82) is 0 Å². The average molecular weight is 243 g/mol. The van der Waals surface area contributed by atoms with E-state index in [9.17, 15) is 0 Å². The first-order chi connectivity index (χ1) is 7.90. The lowest BCUT2D eigenvalue weighted by atomic mass is 10.1. The molecule has 0 bridgehead atoms. The van der Waals surface area contributed by atoms with Crippen LogP contribution in [0.3, 0.4) is 0 Å². The summed E-state index contributed by atoms with van der Waals surface area (Å²) in [5.74, 6) is 0. The summed E-state index contributed by atoms with van der Waals surface area (Å²) in [7, 11) is 1.40. The first-order valence-corrected chi connectivity index (χ1v) is 6.86. The molecule has 0 aliphatic heterocycles. The number of nitrogens with zero attached hydrogens (tertiary/aromatic N) is 1. The molecule has 0 saturated carbocycles. The van der Waals surface area contributed by atoms with E-state index in [1.54, 1.807) is 0 Å². The Labute approximate surface area is 103 Å². The van der Waals surface area contributed by atoms with E-state index in [0.29, 0.717) is 0 Å². The number of benzene rings is 2. The summed E-state index contributed by atoms with van der Waals surface area (Å²) in [6, 6.07) is 16.5. The molecule has 0 saturated heterocycles. The third-order valence-corrected chi connectivity index (χ3v) is 3.66. The predicted octanol–water partition coefficient (Wildman–Crippen LogP) is 4.32. The van der Waals surface area contributed by atoms with Crippen molar-refractivity contribution in [2.45, 2.75) is 5.03 Å². The van der Waals surface area contributed by atoms with E-state index in [2.05, 4.69) is 40.9 Å². The molecule has 1 nitrogen and oxygen atoms in total. The Morgan fingerprint density at radius 3 is 2.19 bits per heavy atom. The van der Waals surface area contributed by atoms with Gasteiger partial charge in [-0.1, -0.05) is 42.5 Å². The van der Waals surface area contributed by atoms with Gasteiger partial charge in [0.1, 0.15) is 5.03 Å². The fourth-order valence-electron chi connectivity index (χ4n) is 1.94. The normalized spacial score (nSPS) is 11.1. The molecule has 0 radical (unpaired) electrons. The van der Waals surface area contributed by atoms with Crippen LogP contribution in [0.2, 0.25) is 0 Å². The smallest absolute Gasteiger partial charge is 0.115 e. The van der Waals surface area contributed by atoms with Gasteiger partial charge in [-0.15, -0.1) is 11.7 Å². The molecule has 78 valence electrons. The Morgan fingerprint density at radius 1 is 0.812 bits per heavy atom. The standard InChI is InChI=1S/C13H9NS2/c15-16-13-11-7-2-1-5-9(11)10-6-3-4-8-12(10)14-13/h1-8,15H. The minimum Gasteiger partial charge on any atom is -0.240 e. The van der Waals surface area contributed by atoms with Crippen molar-refractivity contribution < 1.29 is 0 Å². The molecule has 0 amide bonds. The van der Waals surface area contributed by atoms with Gasteiger partial charge in [0, 0.05) is 10.8 Å². The highest BCUT2D eigenvalue weighted by Crippen LogP contribution is 2.32.